The third-order valence-electron chi connectivity index (χ3n) is 5.34. The minimum Gasteiger partial charge on any atom is -0.391 e. The molecule has 0 spiro atoms. The van der Waals surface area contributed by atoms with E-state index in [1.807, 2.05) is 11.9 Å². The van der Waals surface area contributed by atoms with Crippen LogP contribution in [0.4, 0.5) is 0 Å². The lowest BCUT2D eigenvalue weighted by atomic mass is 9.68. The van der Waals surface area contributed by atoms with Crippen LogP contribution in [-0.4, -0.2) is 35.1 Å². The van der Waals surface area contributed by atoms with Gasteiger partial charge in [0.1, 0.15) is 0 Å². The van der Waals surface area contributed by atoms with Gasteiger partial charge in [-0.25, -0.2) is 0 Å². The molecular formula is C16H29NO2. The van der Waals surface area contributed by atoms with E-state index >= 15 is 0 Å². The van der Waals surface area contributed by atoms with Crippen molar-refractivity contribution in [3.8, 4) is 0 Å². The van der Waals surface area contributed by atoms with E-state index in [9.17, 15) is 9.90 Å². The molecule has 3 atom stereocenters. The van der Waals surface area contributed by atoms with Crippen LogP contribution in [0.25, 0.3) is 0 Å². The predicted octanol–water partition coefficient (Wildman–Crippen LogP) is 2.96. The number of amides is 1. The fourth-order valence-electron chi connectivity index (χ4n) is 3.90. The number of aliphatic hydroxyl groups excluding tert-OH is 1. The number of likely N-dealkylation sites (N-methyl/N-ethyl adjacent to an activating group) is 1. The summed E-state index contributed by atoms with van der Waals surface area (Å²) < 4.78 is 0. The van der Waals surface area contributed by atoms with Crippen LogP contribution in [0.1, 0.15) is 65.2 Å². The molecule has 1 N–H and O–H groups in total. The van der Waals surface area contributed by atoms with Crippen LogP contribution in [0.3, 0.4) is 0 Å². The van der Waals surface area contributed by atoms with Crippen LogP contribution in [0.15, 0.2) is 0 Å². The maximum absolute atomic E-state index is 12.8. The third-order valence-corrected chi connectivity index (χ3v) is 5.34. The fourth-order valence-corrected chi connectivity index (χ4v) is 3.90. The first-order valence-electron chi connectivity index (χ1n) is 7.88. The van der Waals surface area contributed by atoms with Gasteiger partial charge in [-0.1, -0.05) is 39.5 Å². The van der Waals surface area contributed by atoms with Gasteiger partial charge in [0.05, 0.1) is 12.1 Å². The highest BCUT2D eigenvalue weighted by atomic mass is 16.3. The van der Waals surface area contributed by atoms with Crippen LogP contribution < -0.4 is 0 Å². The summed E-state index contributed by atoms with van der Waals surface area (Å²) in [7, 11) is 1.90. The van der Waals surface area contributed by atoms with Gasteiger partial charge in [0.15, 0.2) is 0 Å². The molecule has 0 heterocycles. The number of carbonyl (C=O) groups excluding carboxylic acids is 1. The molecule has 2 rings (SSSR count). The predicted molar refractivity (Wildman–Crippen MR) is 76.8 cm³/mol. The summed E-state index contributed by atoms with van der Waals surface area (Å²) in [6.07, 6.45) is 8.26. The second kappa shape index (κ2) is 5.82. The molecule has 0 aliphatic heterocycles. The maximum Gasteiger partial charge on any atom is 0.226 e. The van der Waals surface area contributed by atoms with Gasteiger partial charge in [0.2, 0.25) is 5.91 Å². The van der Waals surface area contributed by atoms with Gasteiger partial charge in [-0.05, 0) is 31.1 Å². The van der Waals surface area contributed by atoms with Crippen molar-refractivity contribution in [3.05, 3.63) is 0 Å². The van der Waals surface area contributed by atoms with E-state index in [1.165, 1.54) is 12.8 Å². The van der Waals surface area contributed by atoms with Crippen LogP contribution >= 0.6 is 0 Å². The number of carbonyl (C=O) groups is 1. The molecule has 2 aliphatic rings. The van der Waals surface area contributed by atoms with E-state index in [0.29, 0.717) is 0 Å². The van der Waals surface area contributed by atoms with E-state index in [4.69, 9.17) is 0 Å². The van der Waals surface area contributed by atoms with Crippen molar-refractivity contribution in [2.24, 2.45) is 11.3 Å². The number of rotatable bonds is 2. The highest BCUT2D eigenvalue weighted by Crippen LogP contribution is 2.42. The van der Waals surface area contributed by atoms with Crippen molar-refractivity contribution in [3.63, 3.8) is 0 Å². The summed E-state index contributed by atoms with van der Waals surface area (Å²) in [5.41, 5.74) is 0.114. The lowest BCUT2D eigenvalue weighted by Gasteiger charge is -2.43. The standard InChI is InChI=1S/C16H29NO2/c1-16(2)11-7-6-8-12(16)15(19)17(3)13-9-4-5-10-14(13)18/h12-14,18H,4-11H2,1-3H3. The van der Waals surface area contributed by atoms with Crippen molar-refractivity contribution < 1.29 is 9.90 Å². The van der Waals surface area contributed by atoms with Gasteiger partial charge in [0.25, 0.3) is 0 Å². The van der Waals surface area contributed by atoms with Gasteiger partial charge in [-0.2, -0.15) is 0 Å². The van der Waals surface area contributed by atoms with Crippen LogP contribution in [0.2, 0.25) is 0 Å². The second-order valence-electron chi connectivity index (χ2n) is 7.16. The highest BCUT2D eigenvalue weighted by molar-refractivity contribution is 5.79. The smallest absolute Gasteiger partial charge is 0.226 e. The first-order chi connectivity index (χ1) is 8.93. The largest absolute Gasteiger partial charge is 0.391 e. The number of hydrogen-bond donors (Lipinski definition) is 1. The lowest BCUT2D eigenvalue weighted by molar-refractivity contribution is -0.145. The quantitative estimate of drug-likeness (QED) is 0.835. The van der Waals surface area contributed by atoms with E-state index in [2.05, 4.69) is 13.8 Å². The van der Waals surface area contributed by atoms with Gasteiger partial charge >= 0.3 is 0 Å². The summed E-state index contributed by atoms with van der Waals surface area (Å²) in [5, 5.41) is 10.1. The molecule has 3 unspecified atom stereocenters. The first kappa shape index (κ1) is 14.8. The van der Waals surface area contributed by atoms with E-state index in [-0.39, 0.29) is 29.4 Å². The normalized spacial score (nSPS) is 34.8. The van der Waals surface area contributed by atoms with E-state index < -0.39 is 0 Å². The minimum atomic E-state index is -0.325. The Kier molecular flexibility index (Phi) is 4.54. The second-order valence-corrected chi connectivity index (χ2v) is 7.16. The number of nitrogens with zero attached hydrogens (tertiary/aromatic N) is 1. The monoisotopic (exact) mass is 267 g/mol. The zero-order valence-corrected chi connectivity index (χ0v) is 12.7. The Bertz CT molecular complexity index is 327. The zero-order chi connectivity index (χ0) is 14.0. The van der Waals surface area contributed by atoms with Crippen molar-refractivity contribution in [2.45, 2.75) is 77.4 Å². The maximum atomic E-state index is 12.8. The molecule has 2 saturated carbocycles. The zero-order valence-electron chi connectivity index (χ0n) is 12.7. The molecule has 3 nitrogen and oxygen atoms in total. The minimum absolute atomic E-state index is 0.0407. The molecule has 110 valence electrons. The Morgan fingerprint density at radius 3 is 2.37 bits per heavy atom. The number of aliphatic hydroxyl groups is 1. The average molecular weight is 267 g/mol. The van der Waals surface area contributed by atoms with Crippen molar-refractivity contribution in [2.75, 3.05) is 7.05 Å². The van der Waals surface area contributed by atoms with E-state index in [0.717, 1.165) is 38.5 Å². The topological polar surface area (TPSA) is 40.5 Å². The summed E-state index contributed by atoms with van der Waals surface area (Å²) in [6.45, 7) is 4.44. The molecular weight excluding hydrogens is 238 g/mol. The molecule has 19 heavy (non-hydrogen) atoms. The van der Waals surface area contributed by atoms with Crippen molar-refractivity contribution in [1.82, 2.24) is 4.90 Å². The molecule has 0 aromatic rings. The Balaban J connectivity index is 2.05. The average Bonchev–Trinajstić information content (AvgIpc) is 2.37. The summed E-state index contributed by atoms with van der Waals surface area (Å²) in [6, 6.07) is 0.0407. The molecule has 3 heteroatoms. The molecule has 0 aromatic carbocycles. The lowest BCUT2D eigenvalue weighted by Crippen LogP contribution is -2.51. The van der Waals surface area contributed by atoms with Gasteiger partial charge < -0.3 is 10.0 Å². The Morgan fingerprint density at radius 2 is 1.74 bits per heavy atom. The number of hydrogen-bond acceptors (Lipinski definition) is 2. The summed E-state index contributed by atoms with van der Waals surface area (Å²) in [5.74, 6) is 0.399. The highest BCUT2D eigenvalue weighted by Gasteiger charge is 2.41. The van der Waals surface area contributed by atoms with Crippen LogP contribution in [0, 0.1) is 11.3 Å². The molecule has 0 radical (unpaired) electrons. The molecule has 0 bridgehead atoms. The van der Waals surface area contributed by atoms with E-state index in [1.54, 1.807) is 0 Å². The van der Waals surface area contributed by atoms with Gasteiger partial charge in [0, 0.05) is 13.0 Å². The van der Waals surface area contributed by atoms with Gasteiger partial charge in [-0.15, -0.1) is 0 Å². The van der Waals surface area contributed by atoms with Crippen LogP contribution in [0.5, 0.6) is 0 Å². The SMILES string of the molecule is CN(C(=O)C1CCCCC1(C)C)C1CCCCC1O. The summed E-state index contributed by atoms with van der Waals surface area (Å²) >= 11 is 0. The Hall–Kier alpha value is -0.570. The molecule has 0 aromatic heterocycles. The summed E-state index contributed by atoms with van der Waals surface area (Å²) in [4.78, 5) is 14.6. The fraction of sp³-hybridized carbons (Fsp3) is 0.938. The first-order valence-corrected chi connectivity index (χ1v) is 7.88. The Morgan fingerprint density at radius 1 is 1.11 bits per heavy atom. The Labute approximate surface area is 117 Å². The molecule has 2 aliphatic carbocycles. The van der Waals surface area contributed by atoms with Crippen molar-refractivity contribution >= 4 is 5.91 Å². The molecule has 1 amide bonds. The van der Waals surface area contributed by atoms with Crippen LogP contribution in [-0.2, 0) is 4.79 Å². The van der Waals surface area contributed by atoms with Gasteiger partial charge in [-0.3, -0.25) is 4.79 Å². The van der Waals surface area contributed by atoms with Crippen molar-refractivity contribution in [1.29, 1.82) is 0 Å². The third kappa shape index (κ3) is 3.13. The molecule has 0 saturated heterocycles. The molecule has 2 fully saturated rings.